The number of esters is 1. The summed E-state index contributed by atoms with van der Waals surface area (Å²) in [6, 6.07) is 8.18. The van der Waals surface area contributed by atoms with Crippen LogP contribution in [0.25, 0.3) is 0 Å². The minimum absolute atomic E-state index is 0.000813. The van der Waals surface area contributed by atoms with Gasteiger partial charge in [-0.25, -0.2) is 18.0 Å². The molecule has 2 saturated carbocycles. The van der Waals surface area contributed by atoms with E-state index < -0.39 is 17.6 Å². The van der Waals surface area contributed by atoms with Gasteiger partial charge in [-0.2, -0.15) is 0 Å². The summed E-state index contributed by atoms with van der Waals surface area (Å²) in [6.07, 6.45) is 5.99. The molecular formula is C29H35F3O3. The van der Waals surface area contributed by atoms with Crippen LogP contribution < -0.4 is 0 Å². The van der Waals surface area contributed by atoms with Crippen molar-refractivity contribution in [1.29, 1.82) is 0 Å². The van der Waals surface area contributed by atoms with Gasteiger partial charge in [-0.1, -0.05) is 38.0 Å². The molecule has 4 rings (SSSR count). The van der Waals surface area contributed by atoms with Crippen molar-refractivity contribution in [1.82, 2.24) is 0 Å². The molecule has 3 nitrogen and oxygen atoms in total. The normalized spacial score (nSPS) is 24.8. The molecule has 6 heteroatoms. The molecule has 0 amide bonds. The predicted molar refractivity (Wildman–Crippen MR) is 129 cm³/mol. The van der Waals surface area contributed by atoms with Crippen LogP contribution in [0.2, 0.25) is 0 Å². The first-order valence-electron chi connectivity index (χ1n) is 12.9. The van der Waals surface area contributed by atoms with Gasteiger partial charge in [0.1, 0.15) is 11.9 Å². The number of rotatable bonds is 7. The van der Waals surface area contributed by atoms with Crippen molar-refractivity contribution < 1.29 is 27.4 Å². The molecule has 0 spiro atoms. The number of carbonyl (C=O) groups is 1. The second-order valence-electron chi connectivity index (χ2n) is 10.2. The fraction of sp³-hybridized carbons (Fsp3) is 0.552. The fourth-order valence-corrected chi connectivity index (χ4v) is 5.48. The zero-order chi connectivity index (χ0) is 24.9. The number of halogens is 3. The fourth-order valence-electron chi connectivity index (χ4n) is 5.48. The maximum absolute atomic E-state index is 14.8. The molecule has 0 aliphatic heterocycles. The van der Waals surface area contributed by atoms with Crippen LogP contribution in [0.1, 0.15) is 104 Å². The summed E-state index contributed by atoms with van der Waals surface area (Å²) in [4.78, 5) is 12.6. The van der Waals surface area contributed by atoms with Crippen LogP contribution in [-0.4, -0.2) is 18.7 Å². The van der Waals surface area contributed by atoms with Crippen LogP contribution >= 0.6 is 0 Å². The lowest BCUT2D eigenvalue weighted by molar-refractivity contribution is 0.0189. The van der Waals surface area contributed by atoms with E-state index in [-0.39, 0.29) is 35.9 Å². The molecule has 0 atom stereocenters. The van der Waals surface area contributed by atoms with Crippen LogP contribution in [0.5, 0.6) is 0 Å². The summed E-state index contributed by atoms with van der Waals surface area (Å²) in [6.45, 7) is 4.83. The van der Waals surface area contributed by atoms with Gasteiger partial charge in [0.2, 0.25) is 0 Å². The molecule has 2 aromatic carbocycles. The van der Waals surface area contributed by atoms with Gasteiger partial charge in [0.05, 0.1) is 12.2 Å². The molecule has 0 N–H and O–H groups in total. The Bertz CT molecular complexity index is 1020. The molecular weight excluding hydrogens is 453 g/mol. The smallest absolute Gasteiger partial charge is 0.341 e. The molecule has 0 saturated heterocycles. The minimum atomic E-state index is -1.11. The van der Waals surface area contributed by atoms with Crippen molar-refractivity contribution in [3.05, 3.63) is 70.0 Å². The topological polar surface area (TPSA) is 35.5 Å². The Hall–Kier alpha value is -2.34. The zero-order valence-electron chi connectivity index (χ0n) is 20.6. The lowest BCUT2D eigenvalue weighted by Gasteiger charge is -2.29. The van der Waals surface area contributed by atoms with Gasteiger partial charge in [-0.15, -0.1) is 0 Å². The highest BCUT2D eigenvalue weighted by atomic mass is 19.2. The highest BCUT2D eigenvalue weighted by Gasteiger charge is 2.29. The van der Waals surface area contributed by atoms with Gasteiger partial charge in [0.25, 0.3) is 0 Å². The molecule has 2 fully saturated rings. The molecule has 0 radical (unpaired) electrons. The number of carbonyl (C=O) groups excluding carboxylic acids is 1. The number of ether oxygens (including phenoxy) is 2. The molecule has 35 heavy (non-hydrogen) atoms. The second kappa shape index (κ2) is 11.6. The van der Waals surface area contributed by atoms with Crippen LogP contribution in [0, 0.1) is 23.4 Å². The molecule has 0 aromatic heterocycles. The van der Waals surface area contributed by atoms with Crippen molar-refractivity contribution in [3.63, 3.8) is 0 Å². The van der Waals surface area contributed by atoms with E-state index >= 15 is 0 Å². The lowest BCUT2D eigenvalue weighted by atomic mass is 9.79. The molecule has 2 aromatic rings. The Morgan fingerprint density at radius 3 is 2.23 bits per heavy atom. The van der Waals surface area contributed by atoms with Gasteiger partial charge < -0.3 is 9.47 Å². The molecule has 190 valence electrons. The molecule has 0 unspecified atom stereocenters. The molecule has 0 bridgehead atoms. The number of hydrogen-bond donors (Lipinski definition) is 0. The maximum atomic E-state index is 14.8. The Balaban J connectivity index is 1.33. The summed E-state index contributed by atoms with van der Waals surface area (Å²) in [5.41, 5.74) is 1.49. The Labute approximate surface area is 206 Å². The Morgan fingerprint density at radius 2 is 1.57 bits per heavy atom. The largest absolute Gasteiger partial charge is 0.459 e. The van der Waals surface area contributed by atoms with E-state index in [2.05, 4.69) is 6.92 Å². The van der Waals surface area contributed by atoms with Crippen LogP contribution in [0.15, 0.2) is 30.3 Å². The Kier molecular flexibility index (Phi) is 8.53. The van der Waals surface area contributed by atoms with Crippen molar-refractivity contribution in [3.8, 4) is 0 Å². The highest BCUT2D eigenvalue weighted by Crippen LogP contribution is 2.38. The monoisotopic (exact) mass is 488 g/mol. The second-order valence-corrected chi connectivity index (χ2v) is 10.2. The van der Waals surface area contributed by atoms with Gasteiger partial charge in [0, 0.05) is 12.2 Å². The summed E-state index contributed by atoms with van der Waals surface area (Å²) in [5, 5.41) is 0. The third-order valence-electron chi connectivity index (χ3n) is 7.75. The summed E-state index contributed by atoms with van der Waals surface area (Å²) < 4.78 is 54.9. The van der Waals surface area contributed by atoms with Gasteiger partial charge in [0.15, 0.2) is 11.6 Å². The molecule has 2 aliphatic rings. The number of benzene rings is 2. The average molecular weight is 489 g/mol. The van der Waals surface area contributed by atoms with E-state index in [0.29, 0.717) is 36.5 Å². The van der Waals surface area contributed by atoms with E-state index in [1.807, 2.05) is 13.0 Å². The van der Waals surface area contributed by atoms with Gasteiger partial charge >= 0.3 is 5.97 Å². The summed E-state index contributed by atoms with van der Waals surface area (Å²) in [7, 11) is 0. The summed E-state index contributed by atoms with van der Waals surface area (Å²) in [5.74, 6) is -2.33. The van der Waals surface area contributed by atoms with Crippen LogP contribution in [-0.2, 0) is 16.1 Å². The first-order valence-corrected chi connectivity index (χ1v) is 12.9. The molecule has 2 aliphatic carbocycles. The lowest BCUT2D eigenvalue weighted by Crippen LogP contribution is -2.25. The SMILES string of the molecule is CCOCc1ccc(C2CCC(OC(=O)c3ccc(C4CCC(C)CC4)c(F)c3F)CC2)cc1F. The van der Waals surface area contributed by atoms with E-state index in [4.69, 9.17) is 9.47 Å². The Morgan fingerprint density at radius 1 is 0.886 bits per heavy atom. The van der Waals surface area contributed by atoms with E-state index in [1.54, 1.807) is 18.2 Å². The van der Waals surface area contributed by atoms with Crippen molar-refractivity contribution in [2.75, 3.05) is 6.61 Å². The first kappa shape index (κ1) is 25.7. The third-order valence-corrected chi connectivity index (χ3v) is 7.75. The van der Waals surface area contributed by atoms with E-state index in [1.165, 1.54) is 6.07 Å². The quantitative estimate of drug-likeness (QED) is 0.373. The van der Waals surface area contributed by atoms with Crippen molar-refractivity contribution in [2.24, 2.45) is 5.92 Å². The van der Waals surface area contributed by atoms with Crippen LogP contribution in [0.4, 0.5) is 13.2 Å². The summed E-state index contributed by atoms with van der Waals surface area (Å²) >= 11 is 0. The van der Waals surface area contributed by atoms with E-state index in [0.717, 1.165) is 44.1 Å². The van der Waals surface area contributed by atoms with Crippen molar-refractivity contribution in [2.45, 2.75) is 89.8 Å². The molecule has 0 heterocycles. The van der Waals surface area contributed by atoms with Gasteiger partial charge in [-0.3, -0.25) is 0 Å². The predicted octanol–water partition coefficient (Wildman–Crippen LogP) is 7.82. The van der Waals surface area contributed by atoms with Crippen molar-refractivity contribution >= 4 is 5.97 Å². The minimum Gasteiger partial charge on any atom is -0.459 e. The van der Waals surface area contributed by atoms with E-state index in [9.17, 15) is 18.0 Å². The first-order chi connectivity index (χ1) is 16.9. The highest BCUT2D eigenvalue weighted by molar-refractivity contribution is 5.90. The number of hydrogen-bond acceptors (Lipinski definition) is 3. The average Bonchev–Trinajstić information content (AvgIpc) is 2.86. The van der Waals surface area contributed by atoms with Crippen LogP contribution in [0.3, 0.4) is 0 Å². The third kappa shape index (κ3) is 6.08. The maximum Gasteiger partial charge on any atom is 0.341 e. The standard InChI is InChI=1S/C29H35F3O3/c1-3-34-17-22-9-8-21(16-26(22)30)19-10-12-23(13-11-19)35-29(33)25-15-14-24(27(31)28(25)32)20-6-4-18(2)5-7-20/h8-9,14-16,18-20,23H,3-7,10-13,17H2,1-2H3. The van der Waals surface area contributed by atoms with Gasteiger partial charge in [-0.05, 0) is 86.5 Å². The zero-order valence-corrected chi connectivity index (χ0v) is 20.6.